The molecular weight excluding hydrogens is 605 g/mol. The fraction of sp³-hybridized carbons (Fsp3) is 0.633. The summed E-state index contributed by atoms with van der Waals surface area (Å²) in [5.41, 5.74) is -0.902. The number of aromatic nitrogens is 3. The second-order valence-electron chi connectivity index (χ2n) is 11.6. The van der Waals surface area contributed by atoms with Gasteiger partial charge in [-0.15, -0.1) is 0 Å². The number of carbonyl (C=O) groups excluding carboxylic acids is 2. The van der Waals surface area contributed by atoms with Gasteiger partial charge in [0, 0.05) is 5.92 Å². The molecule has 1 amide bonds. The van der Waals surface area contributed by atoms with E-state index in [0.29, 0.717) is 18.6 Å². The minimum Gasteiger partial charge on any atom is -0.464 e. The van der Waals surface area contributed by atoms with Gasteiger partial charge in [0.2, 0.25) is 5.91 Å². The zero-order chi connectivity index (χ0) is 33.1. The van der Waals surface area contributed by atoms with Crippen molar-refractivity contribution in [3.05, 3.63) is 47.0 Å². The van der Waals surface area contributed by atoms with Gasteiger partial charge in [-0.1, -0.05) is 58.7 Å². The molecule has 15 heteroatoms. The van der Waals surface area contributed by atoms with Crippen molar-refractivity contribution in [2.45, 2.75) is 97.3 Å². The van der Waals surface area contributed by atoms with Crippen molar-refractivity contribution >= 4 is 25.2 Å². The lowest BCUT2D eigenvalue weighted by Crippen LogP contribution is -2.38. The van der Waals surface area contributed by atoms with Crippen molar-refractivity contribution in [3.8, 4) is 5.75 Å². The van der Waals surface area contributed by atoms with Crippen molar-refractivity contribution in [3.63, 3.8) is 0 Å². The summed E-state index contributed by atoms with van der Waals surface area (Å²) in [5, 5.41) is 30.9. The van der Waals surface area contributed by atoms with E-state index in [0.717, 1.165) is 17.5 Å². The van der Waals surface area contributed by atoms with E-state index in [1.165, 1.54) is 13.1 Å². The molecule has 2 heterocycles. The Bertz CT molecular complexity index is 1350. The molecule has 1 aromatic carbocycles. The Balaban J connectivity index is 1.71. The van der Waals surface area contributed by atoms with E-state index < -0.39 is 49.8 Å². The molecule has 0 aliphatic carbocycles. The van der Waals surface area contributed by atoms with Crippen molar-refractivity contribution in [2.24, 2.45) is 11.8 Å². The van der Waals surface area contributed by atoms with Crippen molar-refractivity contribution in [2.75, 3.05) is 18.1 Å². The average Bonchev–Trinajstić information content (AvgIpc) is 3.27. The van der Waals surface area contributed by atoms with Crippen LogP contribution in [0.2, 0.25) is 0 Å². The predicted octanol–water partition coefficient (Wildman–Crippen LogP) is 3.25. The Kier molecular flexibility index (Phi) is 13.7. The average molecular weight is 652 g/mol. The Morgan fingerprint density at radius 1 is 1.09 bits per heavy atom. The lowest BCUT2D eigenvalue weighted by atomic mass is 9.97. The van der Waals surface area contributed by atoms with Crippen LogP contribution in [0, 0.1) is 11.8 Å². The number of hydrogen-bond acceptors (Lipinski definition) is 11. The highest BCUT2D eigenvalue weighted by Crippen LogP contribution is 2.46. The topological polar surface area (TPSA) is 191 Å². The number of aliphatic hydroxyl groups excluding tert-OH is 2. The Morgan fingerprint density at radius 2 is 1.76 bits per heavy atom. The maximum Gasteiger partial charge on any atom is 0.368 e. The second kappa shape index (κ2) is 17.0. The zero-order valence-electron chi connectivity index (χ0n) is 26.5. The molecule has 1 saturated heterocycles. The number of nitrogens with one attached hydrogen (secondary N) is 2. The van der Waals surface area contributed by atoms with Crippen molar-refractivity contribution in [1.82, 2.24) is 19.9 Å². The fourth-order valence-corrected chi connectivity index (χ4v) is 6.92. The molecular formula is C30H46N5O9P. The molecule has 0 saturated carbocycles. The highest BCUT2D eigenvalue weighted by molar-refractivity contribution is 7.57. The lowest BCUT2D eigenvalue weighted by Gasteiger charge is -2.25. The normalized spacial score (nSPS) is 21.8. The quantitative estimate of drug-likeness (QED) is 0.144. The molecule has 0 radical (unpaired) electrons. The van der Waals surface area contributed by atoms with Gasteiger partial charge < -0.3 is 29.5 Å². The van der Waals surface area contributed by atoms with Crippen LogP contribution in [0.5, 0.6) is 5.75 Å². The predicted molar refractivity (Wildman–Crippen MR) is 167 cm³/mol. The summed E-state index contributed by atoms with van der Waals surface area (Å²) >= 11 is 0. The molecule has 0 spiro atoms. The number of amides is 1. The van der Waals surface area contributed by atoms with Crippen LogP contribution >= 0.6 is 7.52 Å². The highest BCUT2D eigenvalue weighted by atomic mass is 31.2. The van der Waals surface area contributed by atoms with Gasteiger partial charge in [-0.2, -0.15) is 14.8 Å². The number of rotatable bonds is 17. The summed E-state index contributed by atoms with van der Waals surface area (Å²) in [6, 6.07) is 7.42. The number of nitrogens with zero attached hydrogens (tertiary/aromatic N) is 3. The minimum absolute atomic E-state index is 0.0332. The van der Waals surface area contributed by atoms with E-state index in [-0.39, 0.29) is 42.8 Å². The molecule has 4 N–H and O–H groups in total. The first-order valence-corrected chi connectivity index (χ1v) is 17.2. The molecule has 14 nitrogen and oxygen atoms in total. The van der Waals surface area contributed by atoms with Crippen LogP contribution in [0.15, 0.2) is 41.3 Å². The van der Waals surface area contributed by atoms with Crippen LogP contribution < -0.4 is 20.6 Å². The van der Waals surface area contributed by atoms with E-state index >= 15 is 0 Å². The third-order valence-corrected chi connectivity index (χ3v) is 9.33. The number of benzene rings is 1. The smallest absolute Gasteiger partial charge is 0.368 e. The van der Waals surface area contributed by atoms with Crippen molar-refractivity contribution < 1.29 is 38.4 Å². The number of carbonyl (C=O) groups is 2. The molecule has 1 aliphatic heterocycles. The van der Waals surface area contributed by atoms with Crippen LogP contribution in [-0.2, 0) is 23.6 Å². The molecule has 0 bridgehead atoms. The van der Waals surface area contributed by atoms with Crippen LogP contribution in [0.25, 0.3) is 0 Å². The monoisotopic (exact) mass is 651 g/mol. The van der Waals surface area contributed by atoms with Gasteiger partial charge >= 0.3 is 19.2 Å². The van der Waals surface area contributed by atoms with Crippen LogP contribution in [0.3, 0.4) is 0 Å². The van der Waals surface area contributed by atoms with Gasteiger partial charge in [0.25, 0.3) is 0 Å². The number of ether oxygens (including phenoxy) is 2. The lowest BCUT2D eigenvalue weighted by molar-refractivity contribution is -0.146. The molecule has 1 fully saturated rings. The van der Waals surface area contributed by atoms with E-state index in [1.807, 2.05) is 27.7 Å². The van der Waals surface area contributed by atoms with Gasteiger partial charge in [-0.25, -0.2) is 9.88 Å². The third-order valence-electron chi connectivity index (χ3n) is 7.20. The third kappa shape index (κ3) is 10.4. The van der Waals surface area contributed by atoms with Gasteiger partial charge in [0.05, 0.1) is 25.1 Å². The number of esters is 1. The first-order chi connectivity index (χ1) is 21.4. The molecule has 1 aromatic heterocycles. The highest BCUT2D eigenvalue weighted by Gasteiger charge is 2.46. The Labute approximate surface area is 263 Å². The van der Waals surface area contributed by atoms with Gasteiger partial charge in [-0.05, 0) is 44.2 Å². The van der Waals surface area contributed by atoms with Crippen LogP contribution in [0.4, 0.5) is 5.82 Å². The molecule has 45 heavy (non-hydrogen) atoms. The number of hydrogen-bond donors (Lipinski definition) is 4. The van der Waals surface area contributed by atoms with E-state index in [1.54, 1.807) is 30.3 Å². The summed E-state index contributed by atoms with van der Waals surface area (Å²) in [5.74, 6) is -0.691. The number of para-hydroxylation sites is 1. The van der Waals surface area contributed by atoms with Crippen molar-refractivity contribution in [1.29, 1.82) is 0 Å². The van der Waals surface area contributed by atoms with E-state index in [2.05, 4.69) is 20.5 Å². The van der Waals surface area contributed by atoms with Gasteiger partial charge in [0.15, 0.2) is 12.0 Å². The largest absolute Gasteiger partial charge is 0.464 e. The Morgan fingerprint density at radius 3 is 2.36 bits per heavy atom. The standard InChI is InChI=1S/C30H46N5O9P/c1-6-11-21(12-7-2)27(38)32-24-17-31-35(30(40)33-24)28-26(37)25(36)23(43-28)15-16-45(41,44-22-13-9-8-10-14-22)34-20(5)29(39)42-18-19(3)4/h8-10,13-14,17,19-21,23,25-26,28,36-37H,6-7,11-12,15-16,18H2,1-5H3,(H,34,41)(H,32,33,38,40)/t20-,23+,25?,26?,28+,45?/m0/s1. The van der Waals surface area contributed by atoms with Crippen LogP contribution in [0.1, 0.15) is 73.0 Å². The molecule has 3 rings (SSSR count). The Hall–Kier alpha value is -3.16. The molecule has 1 aliphatic rings. The molecule has 3 unspecified atom stereocenters. The van der Waals surface area contributed by atoms with Gasteiger partial charge in [-0.3, -0.25) is 14.2 Å². The maximum absolute atomic E-state index is 14.0. The van der Waals surface area contributed by atoms with Crippen LogP contribution in [-0.4, -0.2) is 74.0 Å². The van der Waals surface area contributed by atoms with Gasteiger partial charge in [0.1, 0.15) is 24.0 Å². The zero-order valence-corrected chi connectivity index (χ0v) is 27.4. The number of aliphatic hydroxyl groups is 2. The fourth-order valence-electron chi connectivity index (χ4n) is 4.89. The minimum atomic E-state index is -3.80. The summed E-state index contributed by atoms with van der Waals surface area (Å²) < 4.78 is 31.7. The first-order valence-electron chi connectivity index (χ1n) is 15.4. The number of anilines is 1. The first kappa shape index (κ1) is 36.3. The molecule has 2 aromatic rings. The van der Waals surface area contributed by atoms with E-state index in [4.69, 9.17) is 14.0 Å². The summed E-state index contributed by atoms with van der Waals surface area (Å²) in [6.45, 7) is 9.48. The maximum atomic E-state index is 14.0. The molecule has 250 valence electrons. The second-order valence-corrected chi connectivity index (χ2v) is 13.9. The summed E-state index contributed by atoms with van der Waals surface area (Å²) in [6.07, 6.45) is -1.53. The summed E-state index contributed by atoms with van der Waals surface area (Å²) in [7, 11) is -3.80. The summed E-state index contributed by atoms with van der Waals surface area (Å²) in [4.78, 5) is 41.9. The SMILES string of the molecule is CCCC(CCC)C(=O)Nc1cnn([C@@H]2O[C@H](CCP(=O)(N[C@@H](C)C(=O)OCC(C)C)Oc3ccccc3)C(O)C2O)c(=O)n1. The van der Waals surface area contributed by atoms with E-state index in [9.17, 15) is 29.2 Å². The molecule has 6 atom stereocenters.